The molecule has 100 valence electrons. The first-order chi connectivity index (χ1) is 8.69. The van der Waals surface area contributed by atoms with E-state index in [4.69, 9.17) is 15.2 Å². The maximum absolute atomic E-state index is 5.91. The standard InChI is InChI=1S/C14H22N2O2/c1-16(10-14(9-15)7-8-18-11-14)12-3-5-13(17-2)6-4-12/h3-6H,7-11,15H2,1-2H3. The van der Waals surface area contributed by atoms with Crippen molar-refractivity contribution in [3.8, 4) is 5.75 Å². The third-order valence-electron chi connectivity index (χ3n) is 3.70. The highest BCUT2D eigenvalue weighted by Crippen LogP contribution is 2.30. The minimum absolute atomic E-state index is 0.106. The molecule has 4 nitrogen and oxygen atoms in total. The maximum Gasteiger partial charge on any atom is 0.119 e. The van der Waals surface area contributed by atoms with E-state index in [0.717, 1.165) is 31.9 Å². The molecular formula is C14H22N2O2. The van der Waals surface area contributed by atoms with Gasteiger partial charge in [-0.25, -0.2) is 0 Å². The molecule has 4 heteroatoms. The SMILES string of the molecule is COc1ccc(N(C)CC2(CN)CCOC2)cc1. The van der Waals surface area contributed by atoms with Crippen LogP contribution in [0, 0.1) is 5.41 Å². The van der Waals surface area contributed by atoms with Gasteiger partial charge in [0.25, 0.3) is 0 Å². The molecule has 1 saturated heterocycles. The molecule has 0 amide bonds. The summed E-state index contributed by atoms with van der Waals surface area (Å²) in [5.74, 6) is 0.880. The summed E-state index contributed by atoms with van der Waals surface area (Å²) >= 11 is 0. The van der Waals surface area contributed by atoms with E-state index in [1.807, 2.05) is 12.1 Å². The summed E-state index contributed by atoms with van der Waals surface area (Å²) in [4.78, 5) is 2.24. The molecule has 0 aliphatic carbocycles. The van der Waals surface area contributed by atoms with Gasteiger partial charge in [-0.15, -0.1) is 0 Å². The van der Waals surface area contributed by atoms with Gasteiger partial charge in [-0.3, -0.25) is 0 Å². The molecule has 1 aromatic carbocycles. The lowest BCUT2D eigenvalue weighted by Crippen LogP contribution is -2.41. The number of ether oxygens (including phenoxy) is 2. The second-order valence-corrected chi connectivity index (χ2v) is 5.06. The monoisotopic (exact) mass is 250 g/mol. The van der Waals surface area contributed by atoms with Gasteiger partial charge in [0.1, 0.15) is 5.75 Å². The van der Waals surface area contributed by atoms with Gasteiger partial charge in [0.15, 0.2) is 0 Å². The Kier molecular flexibility index (Phi) is 4.09. The van der Waals surface area contributed by atoms with Crippen LogP contribution in [0.25, 0.3) is 0 Å². The largest absolute Gasteiger partial charge is 0.497 e. The van der Waals surface area contributed by atoms with E-state index in [0.29, 0.717) is 6.54 Å². The van der Waals surface area contributed by atoms with Crippen LogP contribution < -0.4 is 15.4 Å². The van der Waals surface area contributed by atoms with Crippen molar-refractivity contribution in [2.75, 3.05) is 45.4 Å². The van der Waals surface area contributed by atoms with Crippen LogP contribution in [-0.4, -0.2) is 40.5 Å². The van der Waals surface area contributed by atoms with Gasteiger partial charge < -0.3 is 20.1 Å². The van der Waals surface area contributed by atoms with Gasteiger partial charge in [0, 0.05) is 37.8 Å². The number of benzene rings is 1. The summed E-state index contributed by atoms with van der Waals surface area (Å²) in [6.45, 7) is 3.20. The number of rotatable bonds is 5. The van der Waals surface area contributed by atoms with Gasteiger partial charge in [0.05, 0.1) is 13.7 Å². The zero-order valence-corrected chi connectivity index (χ0v) is 11.2. The fourth-order valence-electron chi connectivity index (χ4n) is 2.43. The van der Waals surface area contributed by atoms with Crippen molar-refractivity contribution in [2.45, 2.75) is 6.42 Å². The fraction of sp³-hybridized carbons (Fsp3) is 0.571. The predicted octanol–water partition coefficient (Wildman–Crippen LogP) is 1.50. The van der Waals surface area contributed by atoms with Crippen LogP contribution in [0.3, 0.4) is 0 Å². The number of nitrogens with zero attached hydrogens (tertiary/aromatic N) is 1. The van der Waals surface area contributed by atoms with E-state index in [9.17, 15) is 0 Å². The third-order valence-corrected chi connectivity index (χ3v) is 3.70. The Morgan fingerprint density at radius 3 is 2.61 bits per heavy atom. The number of nitrogens with two attached hydrogens (primary N) is 1. The summed E-state index contributed by atoms with van der Waals surface area (Å²) in [5, 5.41) is 0. The highest BCUT2D eigenvalue weighted by molar-refractivity contribution is 5.48. The molecular weight excluding hydrogens is 228 g/mol. The molecule has 1 fully saturated rings. The maximum atomic E-state index is 5.91. The Labute approximate surface area is 109 Å². The molecule has 1 unspecified atom stereocenters. The number of methoxy groups -OCH3 is 1. The van der Waals surface area contributed by atoms with Gasteiger partial charge in [-0.1, -0.05) is 0 Å². The van der Waals surface area contributed by atoms with E-state index in [-0.39, 0.29) is 5.41 Å². The van der Waals surface area contributed by atoms with E-state index in [1.54, 1.807) is 7.11 Å². The van der Waals surface area contributed by atoms with Crippen LogP contribution in [0.4, 0.5) is 5.69 Å². The molecule has 1 aliphatic heterocycles. The summed E-state index contributed by atoms with van der Waals surface area (Å²) in [5.41, 5.74) is 7.20. The van der Waals surface area contributed by atoms with Gasteiger partial charge in [-0.05, 0) is 30.7 Å². The topological polar surface area (TPSA) is 47.7 Å². The first-order valence-electron chi connectivity index (χ1n) is 6.32. The van der Waals surface area contributed by atoms with Crippen LogP contribution in [0.1, 0.15) is 6.42 Å². The zero-order valence-electron chi connectivity index (χ0n) is 11.2. The number of anilines is 1. The number of hydrogen-bond acceptors (Lipinski definition) is 4. The van der Waals surface area contributed by atoms with Crippen molar-refractivity contribution in [1.29, 1.82) is 0 Å². The minimum Gasteiger partial charge on any atom is -0.497 e. The average Bonchev–Trinajstić information content (AvgIpc) is 2.88. The van der Waals surface area contributed by atoms with E-state index < -0.39 is 0 Å². The Bertz CT molecular complexity index is 372. The molecule has 0 aromatic heterocycles. The van der Waals surface area contributed by atoms with Crippen LogP contribution in [-0.2, 0) is 4.74 Å². The Balaban J connectivity index is 2.03. The third kappa shape index (κ3) is 2.76. The minimum atomic E-state index is 0.106. The zero-order chi connectivity index (χ0) is 13.0. The van der Waals surface area contributed by atoms with E-state index in [1.165, 1.54) is 5.69 Å². The second-order valence-electron chi connectivity index (χ2n) is 5.06. The molecule has 1 aromatic rings. The molecule has 0 spiro atoms. The summed E-state index contributed by atoms with van der Waals surface area (Å²) in [6, 6.07) is 8.09. The molecule has 1 heterocycles. The van der Waals surface area contributed by atoms with Crippen LogP contribution >= 0.6 is 0 Å². The molecule has 0 bridgehead atoms. The van der Waals surface area contributed by atoms with Crippen LogP contribution in [0.2, 0.25) is 0 Å². The summed E-state index contributed by atoms with van der Waals surface area (Å²) in [7, 11) is 3.77. The lowest BCUT2D eigenvalue weighted by molar-refractivity contribution is 0.157. The van der Waals surface area contributed by atoms with Crippen molar-refractivity contribution in [3.63, 3.8) is 0 Å². The molecule has 2 N–H and O–H groups in total. The Hall–Kier alpha value is -1.26. The van der Waals surface area contributed by atoms with Gasteiger partial charge in [-0.2, -0.15) is 0 Å². The molecule has 1 atom stereocenters. The lowest BCUT2D eigenvalue weighted by atomic mass is 9.87. The highest BCUT2D eigenvalue weighted by Gasteiger charge is 2.34. The highest BCUT2D eigenvalue weighted by atomic mass is 16.5. The summed E-state index contributed by atoms with van der Waals surface area (Å²) in [6.07, 6.45) is 1.05. The Morgan fingerprint density at radius 1 is 1.39 bits per heavy atom. The predicted molar refractivity (Wildman–Crippen MR) is 73.2 cm³/mol. The van der Waals surface area contributed by atoms with Gasteiger partial charge in [0.2, 0.25) is 0 Å². The molecule has 0 radical (unpaired) electrons. The first-order valence-corrected chi connectivity index (χ1v) is 6.32. The first kappa shape index (κ1) is 13.2. The van der Waals surface area contributed by atoms with Crippen molar-refractivity contribution >= 4 is 5.69 Å². The van der Waals surface area contributed by atoms with Crippen LogP contribution in [0.15, 0.2) is 24.3 Å². The Morgan fingerprint density at radius 2 is 2.11 bits per heavy atom. The normalized spacial score (nSPS) is 23.1. The van der Waals surface area contributed by atoms with Crippen molar-refractivity contribution in [1.82, 2.24) is 0 Å². The summed E-state index contributed by atoms with van der Waals surface area (Å²) < 4.78 is 10.7. The number of hydrogen-bond donors (Lipinski definition) is 1. The molecule has 0 saturated carbocycles. The smallest absolute Gasteiger partial charge is 0.119 e. The van der Waals surface area contributed by atoms with E-state index >= 15 is 0 Å². The fourth-order valence-corrected chi connectivity index (χ4v) is 2.43. The lowest BCUT2D eigenvalue weighted by Gasteiger charge is -2.32. The van der Waals surface area contributed by atoms with Crippen molar-refractivity contribution < 1.29 is 9.47 Å². The van der Waals surface area contributed by atoms with Gasteiger partial charge >= 0.3 is 0 Å². The molecule has 18 heavy (non-hydrogen) atoms. The molecule has 1 aliphatic rings. The van der Waals surface area contributed by atoms with Crippen LogP contribution in [0.5, 0.6) is 5.75 Å². The van der Waals surface area contributed by atoms with Crippen molar-refractivity contribution in [2.24, 2.45) is 11.1 Å². The molecule has 2 rings (SSSR count). The quantitative estimate of drug-likeness (QED) is 0.860. The van der Waals surface area contributed by atoms with E-state index in [2.05, 4.69) is 24.1 Å². The second kappa shape index (κ2) is 5.59. The van der Waals surface area contributed by atoms with Crippen molar-refractivity contribution in [3.05, 3.63) is 24.3 Å². The average molecular weight is 250 g/mol.